The number of furan rings is 1. The molecule has 1 atom stereocenters. The highest BCUT2D eigenvalue weighted by Crippen LogP contribution is 2.22. The molecule has 1 unspecified atom stereocenters. The zero-order valence-corrected chi connectivity index (χ0v) is 16.0. The molecule has 3 aromatic rings. The number of benzene rings is 2. The summed E-state index contributed by atoms with van der Waals surface area (Å²) in [7, 11) is 3.17. The molecule has 2 aromatic carbocycles. The Labute approximate surface area is 167 Å². The molecule has 0 N–H and O–H groups in total. The van der Waals surface area contributed by atoms with Crippen molar-refractivity contribution in [1.29, 1.82) is 0 Å². The molecule has 0 aliphatic carbocycles. The van der Waals surface area contributed by atoms with Gasteiger partial charge in [-0.2, -0.15) is 0 Å². The summed E-state index contributed by atoms with van der Waals surface area (Å²) in [6.07, 6.45) is -1.08. The minimum Gasteiger partial charge on any atom is -0.486 e. The van der Waals surface area contributed by atoms with Crippen LogP contribution in [0.3, 0.4) is 0 Å². The summed E-state index contributed by atoms with van der Waals surface area (Å²) in [6, 6.07) is 17.3. The van der Waals surface area contributed by atoms with Gasteiger partial charge >= 0.3 is 5.97 Å². The van der Waals surface area contributed by atoms with Crippen molar-refractivity contribution in [3.63, 3.8) is 0 Å². The number of amides is 1. The van der Waals surface area contributed by atoms with Crippen LogP contribution in [-0.2, 0) is 16.1 Å². The maximum absolute atomic E-state index is 12.9. The lowest BCUT2D eigenvalue weighted by atomic mass is 10.1. The molecule has 1 heterocycles. The molecular weight excluding hydrogens is 377 g/mol. The summed E-state index contributed by atoms with van der Waals surface area (Å²) >= 11 is 0. The predicted molar refractivity (Wildman–Crippen MR) is 103 cm³/mol. The van der Waals surface area contributed by atoms with Gasteiger partial charge in [-0.05, 0) is 36.4 Å². The van der Waals surface area contributed by atoms with Crippen molar-refractivity contribution in [3.8, 4) is 5.75 Å². The Bertz CT molecular complexity index is 966. The Morgan fingerprint density at radius 1 is 1.00 bits per heavy atom. The Hall–Kier alpha value is -3.61. The lowest BCUT2D eigenvalue weighted by molar-refractivity contribution is -0.138. The van der Waals surface area contributed by atoms with Crippen LogP contribution in [0.15, 0.2) is 71.1 Å². The summed E-state index contributed by atoms with van der Waals surface area (Å²) < 4.78 is 29.3. The fraction of sp³-hybridized carbons (Fsp3) is 0.182. The summed E-state index contributed by atoms with van der Waals surface area (Å²) in [6.45, 7) is 0.0532. The van der Waals surface area contributed by atoms with E-state index in [1.54, 1.807) is 44.4 Å². The van der Waals surface area contributed by atoms with Crippen molar-refractivity contribution in [3.05, 3.63) is 89.6 Å². The van der Waals surface area contributed by atoms with Crippen molar-refractivity contribution in [2.75, 3.05) is 14.1 Å². The van der Waals surface area contributed by atoms with E-state index in [-0.39, 0.29) is 24.1 Å². The van der Waals surface area contributed by atoms with Gasteiger partial charge in [-0.15, -0.1) is 0 Å². The Kier molecular flexibility index (Phi) is 6.29. The molecule has 150 valence electrons. The predicted octanol–water partition coefficient (Wildman–Crippen LogP) is 3.98. The Morgan fingerprint density at radius 3 is 2.34 bits per heavy atom. The third-order valence-corrected chi connectivity index (χ3v) is 4.05. The van der Waals surface area contributed by atoms with E-state index in [1.165, 1.54) is 35.2 Å². The molecule has 29 heavy (non-hydrogen) atoms. The first kappa shape index (κ1) is 20.1. The zero-order valence-electron chi connectivity index (χ0n) is 16.0. The maximum Gasteiger partial charge on any atom is 0.375 e. The number of carbonyl (C=O) groups is 2. The van der Waals surface area contributed by atoms with Crippen LogP contribution in [0.4, 0.5) is 4.39 Å². The number of hydrogen-bond donors (Lipinski definition) is 0. The molecule has 3 rings (SSSR count). The minimum atomic E-state index is -1.08. The van der Waals surface area contributed by atoms with Crippen LogP contribution in [0.25, 0.3) is 0 Å². The minimum absolute atomic E-state index is 0.0461. The lowest BCUT2D eigenvalue weighted by Crippen LogP contribution is -2.31. The molecule has 7 heteroatoms. The van der Waals surface area contributed by atoms with Crippen LogP contribution >= 0.6 is 0 Å². The van der Waals surface area contributed by atoms with Gasteiger partial charge in [0, 0.05) is 19.7 Å². The van der Waals surface area contributed by atoms with E-state index >= 15 is 0 Å². The van der Waals surface area contributed by atoms with E-state index in [9.17, 15) is 14.0 Å². The van der Waals surface area contributed by atoms with Crippen LogP contribution in [0.2, 0.25) is 0 Å². The van der Waals surface area contributed by atoms with E-state index in [0.29, 0.717) is 17.1 Å². The highest BCUT2D eigenvalue weighted by molar-refractivity contribution is 5.90. The van der Waals surface area contributed by atoms with Gasteiger partial charge in [-0.3, -0.25) is 4.79 Å². The quantitative estimate of drug-likeness (QED) is 0.564. The van der Waals surface area contributed by atoms with Crippen LogP contribution in [0.5, 0.6) is 5.75 Å². The Balaban J connectivity index is 1.67. The highest BCUT2D eigenvalue weighted by atomic mass is 19.1. The van der Waals surface area contributed by atoms with Crippen molar-refractivity contribution in [2.45, 2.75) is 12.7 Å². The monoisotopic (exact) mass is 397 g/mol. The van der Waals surface area contributed by atoms with Crippen molar-refractivity contribution < 1.29 is 27.9 Å². The number of nitrogens with zero attached hydrogens (tertiary/aromatic N) is 1. The molecule has 1 amide bonds. The molecular formula is C22H20FNO5. The van der Waals surface area contributed by atoms with Gasteiger partial charge in [0.25, 0.3) is 5.91 Å². The number of ether oxygens (including phenoxy) is 2. The van der Waals surface area contributed by atoms with Gasteiger partial charge in [-0.25, -0.2) is 9.18 Å². The average molecular weight is 397 g/mol. The second kappa shape index (κ2) is 9.05. The fourth-order valence-electron chi connectivity index (χ4n) is 2.54. The van der Waals surface area contributed by atoms with Crippen molar-refractivity contribution in [1.82, 2.24) is 4.90 Å². The van der Waals surface area contributed by atoms with E-state index < -0.39 is 12.1 Å². The zero-order chi connectivity index (χ0) is 20.8. The molecule has 0 radical (unpaired) electrons. The van der Waals surface area contributed by atoms with E-state index in [4.69, 9.17) is 13.9 Å². The third-order valence-electron chi connectivity index (χ3n) is 4.05. The number of hydrogen-bond acceptors (Lipinski definition) is 5. The molecule has 0 bridgehead atoms. The molecule has 0 aliphatic rings. The third kappa shape index (κ3) is 5.22. The summed E-state index contributed by atoms with van der Waals surface area (Å²) in [5, 5.41) is 0. The lowest BCUT2D eigenvalue weighted by Gasteiger charge is -2.20. The molecule has 0 spiro atoms. The maximum atomic E-state index is 12.9. The molecule has 0 saturated heterocycles. The number of likely N-dealkylation sites (N-methyl/N-ethyl adjacent to an activating group) is 1. The topological polar surface area (TPSA) is 69.0 Å². The van der Waals surface area contributed by atoms with Gasteiger partial charge in [0.2, 0.25) is 11.9 Å². The summed E-state index contributed by atoms with van der Waals surface area (Å²) in [4.78, 5) is 26.3. The first-order chi connectivity index (χ1) is 13.9. The van der Waals surface area contributed by atoms with E-state index in [0.717, 1.165) is 0 Å². The van der Waals surface area contributed by atoms with Crippen LogP contribution in [-0.4, -0.2) is 30.9 Å². The standard InChI is InChI=1S/C22H20FNO5/c1-24(2)21(25)20(15-6-4-3-5-7-15)29-22(26)19-13-12-18(28-19)14-27-17-10-8-16(23)9-11-17/h3-13,20H,14H2,1-2H3. The number of esters is 1. The second-order valence-corrected chi connectivity index (χ2v) is 6.44. The summed E-state index contributed by atoms with van der Waals surface area (Å²) in [5.74, 6) is -0.682. The van der Waals surface area contributed by atoms with E-state index in [1.807, 2.05) is 6.07 Å². The Morgan fingerprint density at radius 2 is 1.69 bits per heavy atom. The van der Waals surface area contributed by atoms with Crippen LogP contribution < -0.4 is 4.74 Å². The number of halogens is 1. The van der Waals surface area contributed by atoms with Crippen LogP contribution in [0.1, 0.15) is 28.0 Å². The average Bonchev–Trinajstić information content (AvgIpc) is 3.21. The largest absolute Gasteiger partial charge is 0.486 e. The normalized spacial score (nSPS) is 11.6. The fourth-order valence-corrected chi connectivity index (χ4v) is 2.54. The van der Waals surface area contributed by atoms with Gasteiger partial charge in [0.1, 0.15) is 23.9 Å². The van der Waals surface area contributed by atoms with Gasteiger partial charge < -0.3 is 18.8 Å². The van der Waals surface area contributed by atoms with Gasteiger partial charge in [0.15, 0.2) is 0 Å². The van der Waals surface area contributed by atoms with Crippen molar-refractivity contribution >= 4 is 11.9 Å². The highest BCUT2D eigenvalue weighted by Gasteiger charge is 2.28. The smallest absolute Gasteiger partial charge is 0.375 e. The van der Waals surface area contributed by atoms with Crippen molar-refractivity contribution in [2.24, 2.45) is 0 Å². The molecule has 1 aromatic heterocycles. The molecule has 0 aliphatic heterocycles. The first-order valence-corrected chi connectivity index (χ1v) is 8.88. The molecule has 0 saturated carbocycles. The molecule has 0 fully saturated rings. The SMILES string of the molecule is CN(C)C(=O)C(OC(=O)c1ccc(COc2ccc(F)cc2)o1)c1ccccc1. The van der Waals surface area contributed by atoms with Gasteiger partial charge in [-0.1, -0.05) is 30.3 Å². The van der Waals surface area contributed by atoms with Crippen LogP contribution in [0, 0.1) is 5.82 Å². The molecule has 6 nitrogen and oxygen atoms in total. The van der Waals surface area contributed by atoms with Gasteiger partial charge in [0.05, 0.1) is 0 Å². The number of rotatable bonds is 7. The second-order valence-electron chi connectivity index (χ2n) is 6.44. The first-order valence-electron chi connectivity index (χ1n) is 8.88. The van der Waals surface area contributed by atoms with E-state index in [2.05, 4.69) is 0 Å². The summed E-state index contributed by atoms with van der Waals surface area (Å²) in [5.41, 5.74) is 0.561. The number of carbonyl (C=O) groups excluding carboxylic acids is 2.